The van der Waals surface area contributed by atoms with E-state index in [9.17, 15) is 0 Å². The average molecular weight is 259 g/mol. The molecule has 2 rings (SSSR count). The SMILES string of the molecule is COc1cccc(N=c2ssnc2Cl)c1. The number of methoxy groups -OCH3 is 1. The van der Waals surface area contributed by atoms with E-state index < -0.39 is 0 Å². The highest BCUT2D eigenvalue weighted by Gasteiger charge is 1.98. The van der Waals surface area contributed by atoms with Crippen molar-refractivity contribution in [2.75, 3.05) is 7.11 Å². The zero-order valence-electron chi connectivity index (χ0n) is 7.81. The van der Waals surface area contributed by atoms with Crippen molar-refractivity contribution in [2.24, 2.45) is 4.99 Å². The molecule has 0 aliphatic carbocycles. The minimum Gasteiger partial charge on any atom is -0.497 e. The highest BCUT2D eigenvalue weighted by Crippen LogP contribution is 2.19. The van der Waals surface area contributed by atoms with E-state index in [1.165, 1.54) is 20.9 Å². The second kappa shape index (κ2) is 4.74. The molecule has 2 aromatic rings. The van der Waals surface area contributed by atoms with Gasteiger partial charge in [0, 0.05) is 16.6 Å². The third-order valence-corrected chi connectivity index (χ3v) is 3.86. The Bertz CT molecular complexity index is 521. The van der Waals surface area contributed by atoms with Crippen LogP contribution in [0.25, 0.3) is 0 Å². The first kappa shape index (κ1) is 10.6. The maximum absolute atomic E-state index is 5.85. The van der Waals surface area contributed by atoms with Crippen LogP contribution in [0.15, 0.2) is 29.3 Å². The summed E-state index contributed by atoms with van der Waals surface area (Å²) in [5, 5.41) is 0.452. The van der Waals surface area contributed by atoms with Crippen LogP contribution in [-0.2, 0) is 0 Å². The van der Waals surface area contributed by atoms with E-state index in [2.05, 4.69) is 9.37 Å². The molecule has 15 heavy (non-hydrogen) atoms. The number of benzene rings is 1. The van der Waals surface area contributed by atoms with Gasteiger partial charge in [0.25, 0.3) is 0 Å². The number of ether oxygens (including phenoxy) is 1. The fourth-order valence-electron chi connectivity index (χ4n) is 1.02. The van der Waals surface area contributed by atoms with Crippen LogP contribution in [0.3, 0.4) is 0 Å². The molecule has 78 valence electrons. The van der Waals surface area contributed by atoms with Crippen LogP contribution in [0, 0.1) is 0 Å². The Morgan fingerprint density at radius 3 is 3.00 bits per heavy atom. The van der Waals surface area contributed by atoms with E-state index in [-0.39, 0.29) is 0 Å². The topological polar surface area (TPSA) is 34.5 Å². The third-order valence-electron chi connectivity index (χ3n) is 1.69. The molecule has 0 bridgehead atoms. The number of hydrogen-bond donors (Lipinski definition) is 0. The van der Waals surface area contributed by atoms with Gasteiger partial charge in [0.15, 0.2) is 9.82 Å². The van der Waals surface area contributed by atoms with Crippen molar-refractivity contribution in [3.63, 3.8) is 0 Å². The number of aromatic nitrogens is 1. The predicted molar refractivity (Wildman–Crippen MR) is 63.2 cm³/mol. The smallest absolute Gasteiger partial charge is 0.179 e. The Hall–Kier alpha value is -0.910. The first-order valence-corrected chi connectivity index (χ1v) is 6.58. The second-order valence-corrected chi connectivity index (χ2v) is 4.85. The number of hydrogen-bond acceptors (Lipinski definition) is 5. The molecule has 0 N–H and O–H groups in total. The number of halogens is 1. The van der Waals surface area contributed by atoms with Gasteiger partial charge in [0.05, 0.1) is 12.8 Å². The van der Waals surface area contributed by atoms with E-state index in [1.807, 2.05) is 24.3 Å². The quantitative estimate of drug-likeness (QED) is 0.776. The summed E-state index contributed by atoms with van der Waals surface area (Å²) in [6.45, 7) is 0. The van der Waals surface area contributed by atoms with E-state index in [1.54, 1.807) is 7.11 Å². The molecule has 0 fully saturated rings. The summed E-state index contributed by atoms with van der Waals surface area (Å²) in [6, 6.07) is 7.50. The minimum atomic E-state index is 0.452. The van der Waals surface area contributed by atoms with Gasteiger partial charge in [-0.1, -0.05) is 17.7 Å². The zero-order valence-corrected chi connectivity index (χ0v) is 10.2. The Labute approximate surface area is 99.2 Å². The molecule has 0 saturated carbocycles. The average Bonchev–Trinajstić information content (AvgIpc) is 2.65. The molecule has 6 heteroatoms. The predicted octanol–water partition coefficient (Wildman–Crippen LogP) is 3.10. The molecule has 1 aromatic carbocycles. The minimum absolute atomic E-state index is 0.452. The molecule has 0 aliphatic rings. The van der Waals surface area contributed by atoms with Crippen molar-refractivity contribution in [1.29, 1.82) is 0 Å². The van der Waals surface area contributed by atoms with Crippen LogP contribution in [0.2, 0.25) is 5.15 Å². The molecule has 0 amide bonds. The summed E-state index contributed by atoms with van der Waals surface area (Å²) in [6.07, 6.45) is 0. The Morgan fingerprint density at radius 1 is 1.47 bits per heavy atom. The summed E-state index contributed by atoms with van der Waals surface area (Å²) in [5.74, 6) is 0.778. The summed E-state index contributed by atoms with van der Waals surface area (Å²) in [7, 11) is 4.40. The lowest BCUT2D eigenvalue weighted by molar-refractivity contribution is 0.415. The Balaban J connectivity index is 2.44. The summed E-state index contributed by atoms with van der Waals surface area (Å²) in [4.78, 5) is 4.36. The van der Waals surface area contributed by atoms with Crippen molar-refractivity contribution >= 4 is 38.2 Å². The van der Waals surface area contributed by atoms with Gasteiger partial charge in [-0.15, -0.1) is 0 Å². The van der Waals surface area contributed by atoms with Crippen molar-refractivity contribution in [1.82, 2.24) is 4.37 Å². The van der Waals surface area contributed by atoms with Crippen molar-refractivity contribution in [2.45, 2.75) is 0 Å². The molecular weight excluding hydrogens is 252 g/mol. The van der Waals surface area contributed by atoms with Gasteiger partial charge in [-0.25, -0.2) is 4.99 Å². The monoisotopic (exact) mass is 258 g/mol. The van der Waals surface area contributed by atoms with Gasteiger partial charge in [0.2, 0.25) is 0 Å². The molecule has 1 heterocycles. The summed E-state index contributed by atoms with van der Waals surface area (Å²) in [5.41, 5.74) is 0.813. The van der Waals surface area contributed by atoms with E-state index in [0.29, 0.717) is 5.15 Å². The van der Waals surface area contributed by atoms with Crippen molar-refractivity contribution < 1.29 is 4.74 Å². The normalized spacial score (nSPS) is 11.7. The standard InChI is InChI=1S/C9H7ClN2OS2/c1-13-7-4-2-3-6(5-7)11-9-8(10)12-15-14-9/h2-5H,1H3. The fourth-order valence-corrected chi connectivity index (χ4v) is 3.01. The maximum Gasteiger partial charge on any atom is 0.179 e. The van der Waals surface area contributed by atoms with Crippen LogP contribution >= 0.6 is 32.5 Å². The Morgan fingerprint density at radius 2 is 2.33 bits per heavy atom. The second-order valence-electron chi connectivity index (χ2n) is 2.66. The molecule has 0 unspecified atom stereocenters. The van der Waals surface area contributed by atoms with Crippen molar-refractivity contribution in [3.05, 3.63) is 34.1 Å². The maximum atomic E-state index is 5.85. The van der Waals surface area contributed by atoms with Crippen LogP contribution in [-0.4, -0.2) is 11.5 Å². The Kier molecular flexibility index (Phi) is 3.35. The highest BCUT2D eigenvalue weighted by molar-refractivity contribution is 7.66. The lowest BCUT2D eigenvalue weighted by Gasteiger charge is -1.98. The molecule has 0 saturated heterocycles. The molecular formula is C9H7ClN2OS2. The van der Waals surface area contributed by atoms with Gasteiger partial charge in [-0.05, 0) is 22.5 Å². The van der Waals surface area contributed by atoms with Gasteiger partial charge >= 0.3 is 0 Å². The third kappa shape index (κ3) is 2.56. The molecule has 1 aromatic heterocycles. The molecule has 0 radical (unpaired) electrons. The van der Waals surface area contributed by atoms with Crippen LogP contribution in [0.4, 0.5) is 5.69 Å². The van der Waals surface area contributed by atoms with Crippen molar-refractivity contribution in [3.8, 4) is 5.75 Å². The largest absolute Gasteiger partial charge is 0.497 e. The zero-order chi connectivity index (χ0) is 10.7. The van der Waals surface area contributed by atoms with Gasteiger partial charge in [-0.2, -0.15) is 4.37 Å². The van der Waals surface area contributed by atoms with Gasteiger partial charge in [-0.3, -0.25) is 0 Å². The van der Waals surface area contributed by atoms with E-state index in [4.69, 9.17) is 16.3 Å². The molecule has 0 aliphatic heterocycles. The number of nitrogens with zero attached hydrogens (tertiary/aromatic N) is 2. The van der Waals surface area contributed by atoms with Crippen LogP contribution in [0.5, 0.6) is 5.75 Å². The number of rotatable bonds is 2. The summed E-state index contributed by atoms with van der Waals surface area (Å²) < 4.78 is 9.79. The lowest BCUT2D eigenvalue weighted by atomic mass is 10.3. The summed E-state index contributed by atoms with van der Waals surface area (Å²) >= 11 is 5.85. The first-order valence-electron chi connectivity index (χ1n) is 4.10. The molecule has 0 atom stereocenters. The van der Waals surface area contributed by atoms with Crippen LogP contribution < -0.4 is 9.41 Å². The lowest BCUT2D eigenvalue weighted by Crippen LogP contribution is -1.92. The first-order chi connectivity index (χ1) is 7.29. The van der Waals surface area contributed by atoms with E-state index in [0.717, 1.165) is 16.1 Å². The molecule has 3 nitrogen and oxygen atoms in total. The van der Waals surface area contributed by atoms with E-state index >= 15 is 0 Å². The molecule has 0 spiro atoms. The highest BCUT2D eigenvalue weighted by atomic mass is 35.5. The van der Waals surface area contributed by atoms with Crippen LogP contribution in [0.1, 0.15) is 0 Å². The van der Waals surface area contributed by atoms with Gasteiger partial charge in [0.1, 0.15) is 5.75 Å². The fraction of sp³-hybridized carbons (Fsp3) is 0.111. The van der Waals surface area contributed by atoms with Gasteiger partial charge < -0.3 is 4.74 Å².